The standard InChI is InChI=1S/C16H35N3/c1-7-16(8-2,12-17-9-3)14-19-11-10-18(6)15(4,5)13-19/h17H,7-14H2,1-6H3. The summed E-state index contributed by atoms with van der Waals surface area (Å²) in [6.07, 6.45) is 2.53. The molecule has 3 nitrogen and oxygen atoms in total. The molecule has 1 heterocycles. The molecule has 0 bridgehead atoms. The molecule has 0 atom stereocenters. The van der Waals surface area contributed by atoms with E-state index in [1.807, 2.05) is 0 Å². The maximum Gasteiger partial charge on any atom is 0.0277 e. The Bertz CT molecular complexity index is 259. The van der Waals surface area contributed by atoms with Crippen LogP contribution in [0.5, 0.6) is 0 Å². The molecule has 0 aromatic heterocycles. The van der Waals surface area contributed by atoms with E-state index in [2.05, 4.69) is 56.8 Å². The van der Waals surface area contributed by atoms with Gasteiger partial charge in [-0.25, -0.2) is 0 Å². The fourth-order valence-electron chi connectivity index (χ4n) is 3.12. The lowest BCUT2D eigenvalue weighted by molar-refractivity contribution is 0.0136. The molecule has 19 heavy (non-hydrogen) atoms. The number of nitrogens with zero attached hydrogens (tertiary/aromatic N) is 2. The molecule has 3 heteroatoms. The zero-order valence-electron chi connectivity index (χ0n) is 14.1. The Labute approximate surface area is 120 Å². The van der Waals surface area contributed by atoms with E-state index in [1.165, 1.54) is 39.0 Å². The van der Waals surface area contributed by atoms with Gasteiger partial charge in [0.2, 0.25) is 0 Å². The van der Waals surface area contributed by atoms with E-state index in [1.54, 1.807) is 0 Å². The monoisotopic (exact) mass is 269 g/mol. The molecule has 0 unspecified atom stereocenters. The lowest BCUT2D eigenvalue weighted by Gasteiger charge is -2.48. The van der Waals surface area contributed by atoms with Crippen molar-refractivity contribution in [1.82, 2.24) is 15.1 Å². The number of hydrogen-bond donors (Lipinski definition) is 1. The highest BCUT2D eigenvalue weighted by molar-refractivity contribution is 4.91. The first kappa shape index (κ1) is 16.9. The topological polar surface area (TPSA) is 18.5 Å². The van der Waals surface area contributed by atoms with Crippen LogP contribution in [0.15, 0.2) is 0 Å². The highest BCUT2D eigenvalue weighted by atomic mass is 15.3. The maximum absolute atomic E-state index is 3.57. The summed E-state index contributed by atoms with van der Waals surface area (Å²) in [5, 5.41) is 3.57. The van der Waals surface area contributed by atoms with Crippen LogP contribution in [0.1, 0.15) is 47.5 Å². The second-order valence-electron chi connectivity index (χ2n) is 6.93. The quantitative estimate of drug-likeness (QED) is 0.766. The smallest absolute Gasteiger partial charge is 0.0277 e. The summed E-state index contributed by atoms with van der Waals surface area (Å²) in [6.45, 7) is 18.7. The van der Waals surface area contributed by atoms with Gasteiger partial charge in [-0.3, -0.25) is 9.80 Å². The summed E-state index contributed by atoms with van der Waals surface area (Å²) >= 11 is 0. The molecular weight excluding hydrogens is 234 g/mol. The second kappa shape index (κ2) is 7.05. The van der Waals surface area contributed by atoms with E-state index < -0.39 is 0 Å². The van der Waals surface area contributed by atoms with Crippen LogP contribution in [0.3, 0.4) is 0 Å². The van der Waals surface area contributed by atoms with Crippen LogP contribution >= 0.6 is 0 Å². The van der Waals surface area contributed by atoms with Gasteiger partial charge in [-0.05, 0) is 45.7 Å². The van der Waals surface area contributed by atoms with Gasteiger partial charge in [0, 0.05) is 38.3 Å². The molecule has 0 spiro atoms. The van der Waals surface area contributed by atoms with Crippen LogP contribution in [-0.4, -0.2) is 61.7 Å². The minimum atomic E-state index is 0.309. The summed E-state index contributed by atoms with van der Waals surface area (Å²) in [7, 11) is 2.25. The van der Waals surface area contributed by atoms with Crippen molar-refractivity contribution in [2.75, 3.05) is 46.3 Å². The first-order valence-electron chi connectivity index (χ1n) is 8.03. The van der Waals surface area contributed by atoms with E-state index in [4.69, 9.17) is 0 Å². The van der Waals surface area contributed by atoms with Crippen molar-refractivity contribution < 1.29 is 0 Å². The summed E-state index contributed by atoms with van der Waals surface area (Å²) in [6, 6.07) is 0. The second-order valence-corrected chi connectivity index (χ2v) is 6.93. The van der Waals surface area contributed by atoms with E-state index in [0.717, 1.165) is 13.1 Å². The van der Waals surface area contributed by atoms with E-state index in [9.17, 15) is 0 Å². The number of likely N-dealkylation sites (N-methyl/N-ethyl adjacent to an activating group) is 1. The van der Waals surface area contributed by atoms with Gasteiger partial charge in [0.25, 0.3) is 0 Å². The predicted octanol–water partition coefficient (Wildman–Crippen LogP) is 2.43. The van der Waals surface area contributed by atoms with E-state index >= 15 is 0 Å². The Kier molecular flexibility index (Phi) is 6.28. The van der Waals surface area contributed by atoms with Gasteiger partial charge in [-0.15, -0.1) is 0 Å². The third-order valence-corrected chi connectivity index (χ3v) is 5.20. The molecule has 1 aliphatic heterocycles. The lowest BCUT2D eigenvalue weighted by Crippen LogP contribution is -2.59. The predicted molar refractivity (Wildman–Crippen MR) is 84.7 cm³/mol. The van der Waals surface area contributed by atoms with Crippen molar-refractivity contribution in [2.24, 2.45) is 5.41 Å². The summed E-state index contributed by atoms with van der Waals surface area (Å²) in [5.74, 6) is 0. The molecule has 0 radical (unpaired) electrons. The Hall–Kier alpha value is -0.120. The molecule has 1 aliphatic rings. The van der Waals surface area contributed by atoms with Crippen molar-refractivity contribution in [3.05, 3.63) is 0 Å². The number of rotatable bonds is 7. The molecule has 1 rings (SSSR count). The van der Waals surface area contributed by atoms with Crippen molar-refractivity contribution in [3.8, 4) is 0 Å². The normalized spacial score (nSPS) is 21.8. The largest absolute Gasteiger partial charge is 0.316 e. The summed E-state index contributed by atoms with van der Waals surface area (Å²) in [5.41, 5.74) is 0.756. The zero-order chi connectivity index (χ0) is 14.5. The van der Waals surface area contributed by atoms with Gasteiger partial charge < -0.3 is 5.32 Å². The highest BCUT2D eigenvalue weighted by Crippen LogP contribution is 2.29. The third-order valence-electron chi connectivity index (χ3n) is 5.20. The molecule has 0 saturated carbocycles. The first-order valence-corrected chi connectivity index (χ1v) is 8.03. The van der Waals surface area contributed by atoms with Gasteiger partial charge >= 0.3 is 0 Å². The van der Waals surface area contributed by atoms with Gasteiger partial charge in [-0.1, -0.05) is 20.8 Å². The van der Waals surface area contributed by atoms with Gasteiger partial charge in [0.05, 0.1) is 0 Å². The Morgan fingerprint density at radius 1 is 1.11 bits per heavy atom. The third kappa shape index (κ3) is 4.44. The summed E-state index contributed by atoms with van der Waals surface area (Å²) < 4.78 is 0. The fraction of sp³-hybridized carbons (Fsp3) is 1.00. The van der Waals surface area contributed by atoms with E-state index in [0.29, 0.717) is 11.0 Å². The average Bonchev–Trinajstić information content (AvgIpc) is 2.38. The molecule has 0 amide bonds. The molecular formula is C16H35N3. The fourth-order valence-corrected chi connectivity index (χ4v) is 3.12. The summed E-state index contributed by atoms with van der Waals surface area (Å²) in [4.78, 5) is 5.18. The molecule has 114 valence electrons. The van der Waals surface area contributed by atoms with Crippen LogP contribution in [0, 0.1) is 5.41 Å². The van der Waals surface area contributed by atoms with Crippen LogP contribution < -0.4 is 5.32 Å². The van der Waals surface area contributed by atoms with Gasteiger partial charge in [-0.2, -0.15) is 0 Å². The molecule has 0 aliphatic carbocycles. The Morgan fingerprint density at radius 2 is 1.74 bits per heavy atom. The van der Waals surface area contributed by atoms with Crippen molar-refractivity contribution >= 4 is 0 Å². The van der Waals surface area contributed by atoms with Gasteiger partial charge in [0.1, 0.15) is 0 Å². The van der Waals surface area contributed by atoms with Gasteiger partial charge in [0.15, 0.2) is 0 Å². The molecule has 0 aromatic rings. The van der Waals surface area contributed by atoms with E-state index in [-0.39, 0.29) is 0 Å². The van der Waals surface area contributed by atoms with Crippen molar-refractivity contribution in [2.45, 2.75) is 53.0 Å². The number of nitrogens with one attached hydrogen (secondary N) is 1. The maximum atomic E-state index is 3.57. The highest BCUT2D eigenvalue weighted by Gasteiger charge is 2.35. The molecule has 1 saturated heterocycles. The van der Waals surface area contributed by atoms with Crippen LogP contribution in [0.4, 0.5) is 0 Å². The number of piperazine rings is 1. The Balaban J connectivity index is 2.64. The van der Waals surface area contributed by atoms with Crippen molar-refractivity contribution in [3.63, 3.8) is 0 Å². The minimum Gasteiger partial charge on any atom is -0.316 e. The molecule has 0 aromatic carbocycles. The van der Waals surface area contributed by atoms with Crippen LogP contribution in [0.2, 0.25) is 0 Å². The lowest BCUT2D eigenvalue weighted by atomic mass is 9.81. The van der Waals surface area contributed by atoms with Crippen LogP contribution in [0.25, 0.3) is 0 Å². The zero-order valence-corrected chi connectivity index (χ0v) is 14.1. The molecule has 1 N–H and O–H groups in total. The Morgan fingerprint density at radius 3 is 2.21 bits per heavy atom. The van der Waals surface area contributed by atoms with Crippen molar-refractivity contribution in [1.29, 1.82) is 0 Å². The number of hydrogen-bond acceptors (Lipinski definition) is 3. The molecule has 1 fully saturated rings. The minimum absolute atomic E-state index is 0.309. The first-order chi connectivity index (χ1) is 8.89. The SMILES string of the molecule is CCNCC(CC)(CC)CN1CCN(C)C(C)(C)C1. The van der Waals surface area contributed by atoms with Crippen LogP contribution in [-0.2, 0) is 0 Å². The average molecular weight is 269 g/mol.